The van der Waals surface area contributed by atoms with Gasteiger partial charge < -0.3 is 14.7 Å². The molecule has 160 valence electrons. The Hall–Kier alpha value is -2.86. The van der Waals surface area contributed by atoms with Crippen molar-refractivity contribution in [2.45, 2.75) is 45.4 Å². The Bertz CT molecular complexity index is 876. The van der Waals surface area contributed by atoms with Crippen molar-refractivity contribution in [3.8, 4) is 0 Å². The second-order valence-electron chi connectivity index (χ2n) is 8.76. The van der Waals surface area contributed by atoms with Gasteiger partial charge in [-0.15, -0.1) is 0 Å². The quantitative estimate of drug-likeness (QED) is 0.805. The van der Waals surface area contributed by atoms with Gasteiger partial charge in [-0.05, 0) is 50.5 Å². The van der Waals surface area contributed by atoms with E-state index < -0.39 is 11.6 Å². The lowest BCUT2D eigenvalue weighted by Gasteiger charge is -2.42. The fourth-order valence-electron chi connectivity index (χ4n) is 3.75. The number of carboxylic acids is 1. The van der Waals surface area contributed by atoms with E-state index in [0.717, 1.165) is 12.0 Å². The Morgan fingerprint density at radius 2 is 1.73 bits per heavy atom. The summed E-state index contributed by atoms with van der Waals surface area (Å²) in [4.78, 5) is 28.2. The third-order valence-electron chi connectivity index (χ3n) is 5.09. The molecule has 1 heterocycles. The predicted octanol–water partition coefficient (Wildman–Crippen LogP) is 4.05. The summed E-state index contributed by atoms with van der Waals surface area (Å²) in [5.74, 6) is -0.923. The van der Waals surface area contributed by atoms with Crippen LogP contribution in [0.5, 0.6) is 0 Å². The van der Waals surface area contributed by atoms with E-state index in [1.54, 1.807) is 18.2 Å². The van der Waals surface area contributed by atoms with Crippen LogP contribution < -0.4 is 0 Å². The van der Waals surface area contributed by atoms with Gasteiger partial charge in [0.1, 0.15) is 5.60 Å². The Morgan fingerprint density at radius 1 is 1.03 bits per heavy atom. The standard InChI is InChI=1S/C24H30N2O4/c1-24(2,3)30-23(29)26-13-12-25(16-19-10-7-11-20(14-19)22(27)28)17-21(26)15-18-8-5-4-6-9-18/h4-11,14,21H,12-13,15-17H2,1-3H3,(H,27,28)/t21-/m1/s1. The average Bonchev–Trinajstić information content (AvgIpc) is 2.68. The first kappa shape index (κ1) is 21.8. The molecule has 1 saturated heterocycles. The largest absolute Gasteiger partial charge is 0.478 e. The van der Waals surface area contributed by atoms with Crippen LogP contribution >= 0.6 is 0 Å². The normalized spacial score (nSPS) is 17.6. The minimum Gasteiger partial charge on any atom is -0.478 e. The molecule has 0 saturated carbocycles. The highest BCUT2D eigenvalue weighted by atomic mass is 16.6. The Kier molecular flexibility index (Phi) is 6.77. The van der Waals surface area contributed by atoms with Crippen LogP contribution in [0.3, 0.4) is 0 Å². The minimum atomic E-state index is -0.923. The van der Waals surface area contributed by atoms with Crippen molar-refractivity contribution in [2.75, 3.05) is 19.6 Å². The smallest absolute Gasteiger partial charge is 0.410 e. The van der Waals surface area contributed by atoms with Crippen LogP contribution in [0.1, 0.15) is 42.3 Å². The summed E-state index contributed by atoms with van der Waals surface area (Å²) in [6.07, 6.45) is 0.460. The van der Waals surface area contributed by atoms with Gasteiger partial charge in [0.15, 0.2) is 0 Å². The number of carbonyl (C=O) groups excluding carboxylic acids is 1. The van der Waals surface area contributed by atoms with E-state index in [1.165, 1.54) is 5.56 Å². The molecule has 1 N–H and O–H groups in total. The molecule has 1 aliphatic rings. The van der Waals surface area contributed by atoms with Crippen molar-refractivity contribution in [1.82, 2.24) is 9.80 Å². The monoisotopic (exact) mass is 410 g/mol. The maximum atomic E-state index is 12.8. The van der Waals surface area contributed by atoms with Crippen LogP contribution in [0.25, 0.3) is 0 Å². The van der Waals surface area contributed by atoms with E-state index in [1.807, 2.05) is 49.9 Å². The molecule has 3 rings (SSSR count). The number of benzene rings is 2. The van der Waals surface area contributed by atoms with Gasteiger partial charge in [-0.1, -0.05) is 42.5 Å². The van der Waals surface area contributed by atoms with Gasteiger partial charge in [0.2, 0.25) is 0 Å². The van der Waals surface area contributed by atoms with Gasteiger partial charge in [-0.2, -0.15) is 0 Å². The molecule has 1 atom stereocenters. The Balaban J connectivity index is 1.74. The number of rotatable bonds is 5. The topological polar surface area (TPSA) is 70.1 Å². The van der Waals surface area contributed by atoms with Gasteiger partial charge in [0.05, 0.1) is 11.6 Å². The molecular formula is C24H30N2O4. The highest BCUT2D eigenvalue weighted by Crippen LogP contribution is 2.20. The molecule has 2 aromatic carbocycles. The molecular weight excluding hydrogens is 380 g/mol. The van der Waals surface area contributed by atoms with Crippen molar-refractivity contribution in [3.63, 3.8) is 0 Å². The lowest BCUT2D eigenvalue weighted by atomic mass is 10.0. The van der Waals surface area contributed by atoms with E-state index in [0.29, 0.717) is 31.7 Å². The molecule has 0 unspecified atom stereocenters. The Labute approximate surface area is 178 Å². The van der Waals surface area contributed by atoms with Gasteiger partial charge in [0.25, 0.3) is 0 Å². The van der Waals surface area contributed by atoms with Gasteiger partial charge in [-0.25, -0.2) is 9.59 Å². The molecule has 0 radical (unpaired) electrons. The highest BCUT2D eigenvalue weighted by Gasteiger charge is 2.33. The summed E-state index contributed by atoms with van der Waals surface area (Å²) in [5.41, 5.74) is 1.88. The number of ether oxygens (including phenoxy) is 1. The summed E-state index contributed by atoms with van der Waals surface area (Å²) in [6, 6.07) is 17.2. The molecule has 0 aromatic heterocycles. The maximum Gasteiger partial charge on any atom is 0.410 e. The number of piperazine rings is 1. The van der Waals surface area contributed by atoms with Crippen LogP contribution in [-0.2, 0) is 17.7 Å². The van der Waals surface area contributed by atoms with Gasteiger partial charge in [-0.3, -0.25) is 4.90 Å². The molecule has 1 fully saturated rings. The number of nitrogens with zero attached hydrogens (tertiary/aromatic N) is 2. The lowest BCUT2D eigenvalue weighted by Crippen LogP contribution is -2.56. The van der Waals surface area contributed by atoms with Crippen LogP contribution in [0, 0.1) is 0 Å². The third kappa shape index (κ3) is 6.07. The van der Waals surface area contributed by atoms with E-state index in [-0.39, 0.29) is 12.1 Å². The third-order valence-corrected chi connectivity index (χ3v) is 5.09. The summed E-state index contributed by atoms with van der Waals surface area (Å²) in [6.45, 7) is 8.27. The van der Waals surface area contributed by atoms with E-state index in [2.05, 4.69) is 17.0 Å². The fourth-order valence-corrected chi connectivity index (χ4v) is 3.75. The predicted molar refractivity (Wildman–Crippen MR) is 116 cm³/mol. The van der Waals surface area contributed by atoms with Gasteiger partial charge >= 0.3 is 12.1 Å². The van der Waals surface area contributed by atoms with E-state index in [9.17, 15) is 14.7 Å². The zero-order chi connectivity index (χ0) is 21.7. The lowest BCUT2D eigenvalue weighted by molar-refractivity contribution is -0.00235. The first-order chi connectivity index (χ1) is 14.2. The fraction of sp³-hybridized carbons (Fsp3) is 0.417. The van der Waals surface area contributed by atoms with Crippen molar-refractivity contribution in [1.29, 1.82) is 0 Å². The second kappa shape index (κ2) is 9.30. The maximum absolute atomic E-state index is 12.8. The molecule has 2 aromatic rings. The number of carboxylic acid groups (broad SMARTS) is 1. The van der Waals surface area contributed by atoms with Crippen LogP contribution in [0.4, 0.5) is 4.79 Å². The molecule has 1 aliphatic heterocycles. The van der Waals surface area contributed by atoms with Crippen molar-refractivity contribution in [3.05, 3.63) is 71.3 Å². The number of aromatic carboxylic acids is 1. The zero-order valence-corrected chi connectivity index (χ0v) is 17.9. The number of hydrogen-bond donors (Lipinski definition) is 1. The van der Waals surface area contributed by atoms with Crippen LogP contribution in [0.2, 0.25) is 0 Å². The number of amides is 1. The number of carbonyl (C=O) groups is 2. The van der Waals surface area contributed by atoms with Crippen molar-refractivity contribution < 1.29 is 19.4 Å². The van der Waals surface area contributed by atoms with Crippen LogP contribution in [-0.4, -0.2) is 58.2 Å². The minimum absolute atomic E-state index is 0.0151. The molecule has 0 aliphatic carbocycles. The summed E-state index contributed by atoms with van der Waals surface area (Å²) in [5, 5.41) is 9.24. The molecule has 1 amide bonds. The average molecular weight is 411 g/mol. The first-order valence-corrected chi connectivity index (χ1v) is 10.3. The van der Waals surface area contributed by atoms with E-state index in [4.69, 9.17) is 4.74 Å². The SMILES string of the molecule is CC(C)(C)OC(=O)N1CCN(Cc2cccc(C(=O)O)c2)C[C@H]1Cc1ccccc1. The highest BCUT2D eigenvalue weighted by molar-refractivity contribution is 5.87. The van der Waals surface area contributed by atoms with Crippen LogP contribution in [0.15, 0.2) is 54.6 Å². The molecule has 0 bridgehead atoms. The van der Waals surface area contributed by atoms with Gasteiger partial charge in [0, 0.05) is 26.2 Å². The second-order valence-corrected chi connectivity index (χ2v) is 8.76. The first-order valence-electron chi connectivity index (χ1n) is 10.3. The molecule has 0 spiro atoms. The van der Waals surface area contributed by atoms with Crippen molar-refractivity contribution in [2.24, 2.45) is 0 Å². The molecule has 6 nitrogen and oxygen atoms in total. The summed E-state index contributed by atoms with van der Waals surface area (Å²) in [7, 11) is 0. The zero-order valence-electron chi connectivity index (χ0n) is 17.9. The van der Waals surface area contributed by atoms with Crippen molar-refractivity contribution >= 4 is 12.1 Å². The van der Waals surface area contributed by atoms with E-state index >= 15 is 0 Å². The summed E-state index contributed by atoms with van der Waals surface area (Å²) < 4.78 is 5.64. The summed E-state index contributed by atoms with van der Waals surface area (Å²) >= 11 is 0. The Morgan fingerprint density at radius 3 is 2.40 bits per heavy atom. The number of hydrogen-bond acceptors (Lipinski definition) is 4. The molecule has 30 heavy (non-hydrogen) atoms. The molecule has 6 heteroatoms.